The lowest BCUT2D eigenvalue weighted by Crippen LogP contribution is -2.07. The molecule has 0 saturated heterocycles. The fourth-order valence-corrected chi connectivity index (χ4v) is 3.02. The maximum Gasteiger partial charge on any atom is 0.134 e. The van der Waals surface area contributed by atoms with Crippen molar-refractivity contribution in [1.82, 2.24) is 9.97 Å². The highest BCUT2D eigenvalue weighted by atomic mass is 32.1. The van der Waals surface area contributed by atoms with Gasteiger partial charge in [-0.15, -0.1) is 11.3 Å². The molecule has 0 aliphatic carbocycles. The summed E-state index contributed by atoms with van der Waals surface area (Å²) in [6, 6.07) is 14.2. The summed E-state index contributed by atoms with van der Waals surface area (Å²) in [6.45, 7) is 0. The molecule has 0 aliphatic rings. The number of hydrogen-bond acceptors (Lipinski definition) is 5. The van der Waals surface area contributed by atoms with Gasteiger partial charge in [0.1, 0.15) is 11.1 Å². The van der Waals surface area contributed by atoms with Crippen molar-refractivity contribution >= 4 is 28.7 Å². The minimum absolute atomic E-state index is 0.568. The van der Waals surface area contributed by atoms with Crippen molar-refractivity contribution in [1.29, 1.82) is 5.26 Å². The van der Waals surface area contributed by atoms with Crippen molar-refractivity contribution in [2.75, 3.05) is 19.0 Å². The first-order valence-corrected chi connectivity index (χ1v) is 8.31. The van der Waals surface area contributed by atoms with Gasteiger partial charge in [0.05, 0.1) is 11.3 Å². The van der Waals surface area contributed by atoms with Crippen molar-refractivity contribution in [2.24, 2.45) is 0 Å². The highest BCUT2D eigenvalue weighted by Gasteiger charge is 2.09. The topological polar surface area (TPSA) is 52.8 Å². The van der Waals surface area contributed by atoms with Gasteiger partial charge in [-0.05, 0) is 35.9 Å². The lowest BCUT2D eigenvalue weighted by Gasteiger charge is -2.11. The van der Waals surface area contributed by atoms with E-state index in [2.05, 4.69) is 16.0 Å². The molecule has 0 fully saturated rings. The van der Waals surface area contributed by atoms with Crippen molar-refractivity contribution in [3.63, 3.8) is 0 Å². The fourth-order valence-electron chi connectivity index (χ4n) is 2.23. The molecular formula is C19H16N4S. The Morgan fingerprint density at radius 1 is 1.12 bits per heavy atom. The second-order valence-electron chi connectivity index (χ2n) is 5.43. The summed E-state index contributed by atoms with van der Waals surface area (Å²) >= 11 is 1.47. The third kappa shape index (κ3) is 3.50. The van der Waals surface area contributed by atoms with Crippen molar-refractivity contribution in [3.8, 4) is 17.3 Å². The van der Waals surface area contributed by atoms with Gasteiger partial charge in [-0.1, -0.05) is 12.1 Å². The molecule has 0 N–H and O–H groups in total. The number of nitriles is 1. The highest BCUT2D eigenvalue weighted by molar-refractivity contribution is 7.11. The average molecular weight is 332 g/mol. The fraction of sp³-hybridized carbons (Fsp3) is 0.105. The smallest absolute Gasteiger partial charge is 0.134 e. The monoisotopic (exact) mass is 332 g/mol. The minimum Gasteiger partial charge on any atom is -0.378 e. The summed E-state index contributed by atoms with van der Waals surface area (Å²) < 4.78 is 0. The maximum absolute atomic E-state index is 9.49. The van der Waals surface area contributed by atoms with Gasteiger partial charge in [-0.3, -0.25) is 4.98 Å². The average Bonchev–Trinajstić information content (AvgIpc) is 3.11. The summed E-state index contributed by atoms with van der Waals surface area (Å²) in [4.78, 5) is 10.6. The molecule has 0 spiro atoms. The lowest BCUT2D eigenvalue weighted by atomic mass is 10.1. The predicted octanol–water partition coefficient (Wildman–Crippen LogP) is 4.34. The van der Waals surface area contributed by atoms with Gasteiger partial charge in [0.15, 0.2) is 0 Å². The number of aromatic nitrogens is 2. The van der Waals surface area contributed by atoms with Crippen LogP contribution in [0.4, 0.5) is 5.69 Å². The van der Waals surface area contributed by atoms with Gasteiger partial charge in [-0.25, -0.2) is 4.98 Å². The first-order valence-electron chi connectivity index (χ1n) is 7.43. The van der Waals surface area contributed by atoms with Crippen molar-refractivity contribution in [2.45, 2.75) is 0 Å². The van der Waals surface area contributed by atoms with E-state index in [4.69, 9.17) is 0 Å². The van der Waals surface area contributed by atoms with E-state index in [1.54, 1.807) is 12.4 Å². The van der Waals surface area contributed by atoms with Crippen LogP contribution in [0.25, 0.3) is 22.9 Å². The van der Waals surface area contributed by atoms with Gasteiger partial charge in [0.2, 0.25) is 0 Å². The summed E-state index contributed by atoms with van der Waals surface area (Å²) in [5.41, 5.74) is 4.54. The summed E-state index contributed by atoms with van der Waals surface area (Å²) in [5, 5.41) is 12.2. The van der Waals surface area contributed by atoms with E-state index in [0.717, 1.165) is 27.5 Å². The minimum atomic E-state index is 0.568. The van der Waals surface area contributed by atoms with E-state index in [0.29, 0.717) is 5.57 Å². The molecule has 3 rings (SSSR count). The quantitative estimate of drug-likeness (QED) is 0.667. The Morgan fingerprint density at radius 2 is 1.83 bits per heavy atom. The molecule has 0 saturated carbocycles. The van der Waals surface area contributed by atoms with E-state index >= 15 is 0 Å². The standard InChI is InChI=1S/C19H16N4S/c1-23(2)17-5-3-14(4-6-17)11-16(12-20)19-22-18(13-24-19)15-7-9-21-10-8-15/h3-11,13H,1-2H3. The van der Waals surface area contributed by atoms with Gasteiger partial charge < -0.3 is 4.90 Å². The Kier molecular flexibility index (Phi) is 4.69. The van der Waals surface area contributed by atoms with E-state index in [9.17, 15) is 5.26 Å². The Labute approximate surface area is 145 Å². The molecule has 3 aromatic rings. The summed E-state index contributed by atoms with van der Waals surface area (Å²) in [6.07, 6.45) is 5.35. The van der Waals surface area contributed by atoms with Crippen molar-refractivity contribution < 1.29 is 0 Å². The molecule has 0 amide bonds. The Hall–Kier alpha value is -2.97. The van der Waals surface area contributed by atoms with Crippen LogP contribution in [0.2, 0.25) is 0 Å². The van der Waals surface area contributed by atoms with Crippen LogP contribution in [0.1, 0.15) is 10.6 Å². The zero-order valence-electron chi connectivity index (χ0n) is 13.5. The molecule has 0 radical (unpaired) electrons. The first kappa shape index (κ1) is 15.9. The molecule has 4 nitrogen and oxygen atoms in total. The van der Waals surface area contributed by atoms with Gasteiger partial charge in [0, 0.05) is 43.1 Å². The van der Waals surface area contributed by atoms with Gasteiger partial charge in [-0.2, -0.15) is 5.26 Å². The molecule has 0 unspecified atom stereocenters. The van der Waals surface area contributed by atoms with E-state index in [1.165, 1.54) is 11.3 Å². The second-order valence-corrected chi connectivity index (χ2v) is 6.29. The number of hydrogen-bond donors (Lipinski definition) is 0. The molecule has 2 heterocycles. The third-order valence-corrected chi connectivity index (χ3v) is 4.43. The van der Waals surface area contributed by atoms with Crippen LogP contribution in [0.15, 0.2) is 54.2 Å². The zero-order chi connectivity index (χ0) is 16.9. The number of rotatable bonds is 4. The molecule has 0 aliphatic heterocycles. The number of allylic oxidation sites excluding steroid dienone is 1. The molecule has 118 valence electrons. The van der Waals surface area contributed by atoms with Crippen LogP contribution < -0.4 is 4.90 Å². The van der Waals surface area contributed by atoms with E-state index in [-0.39, 0.29) is 0 Å². The number of anilines is 1. The zero-order valence-corrected chi connectivity index (χ0v) is 14.3. The molecule has 2 aromatic heterocycles. The molecule has 0 atom stereocenters. The van der Waals surface area contributed by atoms with Gasteiger partial charge >= 0.3 is 0 Å². The summed E-state index contributed by atoms with van der Waals surface area (Å²) in [5.74, 6) is 0. The van der Waals surface area contributed by atoms with E-state index in [1.807, 2.05) is 66.8 Å². The largest absolute Gasteiger partial charge is 0.378 e. The van der Waals surface area contributed by atoms with Crippen LogP contribution in [0.3, 0.4) is 0 Å². The number of benzene rings is 1. The highest BCUT2D eigenvalue weighted by Crippen LogP contribution is 2.27. The first-order chi connectivity index (χ1) is 11.7. The van der Waals surface area contributed by atoms with Crippen LogP contribution >= 0.6 is 11.3 Å². The predicted molar refractivity (Wildman–Crippen MR) is 99.6 cm³/mol. The maximum atomic E-state index is 9.49. The number of pyridine rings is 1. The molecule has 0 bridgehead atoms. The Morgan fingerprint density at radius 3 is 2.46 bits per heavy atom. The Balaban J connectivity index is 1.89. The Bertz CT molecular complexity index is 887. The van der Waals surface area contributed by atoms with Gasteiger partial charge in [0.25, 0.3) is 0 Å². The normalized spacial score (nSPS) is 11.1. The van der Waals surface area contributed by atoms with Crippen LogP contribution in [-0.4, -0.2) is 24.1 Å². The SMILES string of the molecule is CN(C)c1ccc(C=C(C#N)c2nc(-c3ccncc3)cs2)cc1. The number of nitrogens with zero attached hydrogens (tertiary/aromatic N) is 4. The summed E-state index contributed by atoms with van der Waals surface area (Å²) in [7, 11) is 4.00. The van der Waals surface area contributed by atoms with Crippen LogP contribution in [-0.2, 0) is 0 Å². The third-order valence-electron chi connectivity index (χ3n) is 3.55. The second kappa shape index (κ2) is 7.07. The van der Waals surface area contributed by atoms with Crippen LogP contribution in [0, 0.1) is 11.3 Å². The number of thiazole rings is 1. The molecular weight excluding hydrogens is 316 g/mol. The lowest BCUT2D eigenvalue weighted by molar-refractivity contribution is 1.13. The van der Waals surface area contributed by atoms with Crippen molar-refractivity contribution in [3.05, 3.63) is 64.7 Å². The molecule has 24 heavy (non-hydrogen) atoms. The molecule has 5 heteroatoms. The van der Waals surface area contributed by atoms with Crippen LogP contribution in [0.5, 0.6) is 0 Å². The molecule has 1 aromatic carbocycles. The van der Waals surface area contributed by atoms with E-state index < -0.39 is 0 Å².